The Morgan fingerprint density at radius 1 is 1.00 bits per heavy atom. The van der Waals surface area contributed by atoms with Crippen LogP contribution in [0.5, 0.6) is 17.2 Å². The molecule has 134 valence electrons. The fourth-order valence-corrected chi connectivity index (χ4v) is 2.39. The summed E-state index contributed by atoms with van der Waals surface area (Å²) in [7, 11) is 3.13. The predicted molar refractivity (Wildman–Crippen MR) is 98.8 cm³/mol. The van der Waals surface area contributed by atoms with Crippen molar-refractivity contribution in [2.75, 3.05) is 19.5 Å². The lowest BCUT2D eigenvalue weighted by molar-refractivity contribution is -0.122. The van der Waals surface area contributed by atoms with E-state index in [-0.39, 0.29) is 5.91 Å². The number of benzene rings is 2. The fourth-order valence-electron chi connectivity index (χ4n) is 2.39. The smallest absolute Gasteiger partial charge is 0.265 e. The number of methoxy groups -OCH3 is 2. The van der Waals surface area contributed by atoms with Gasteiger partial charge in [0, 0.05) is 6.07 Å². The van der Waals surface area contributed by atoms with Gasteiger partial charge in [-0.2, -0.15) is 0 Å². The van der Waals surface area contributed by atoms with Gasteiger partial charge in [-0.05, 0) is 55.7 Å². The molecule has 5 nitrogen and oxygen atoms in total. The molecule has 1 atom stereocenters. The van der Waals surface area contributed by atoms with E-state index in [1.54, 1.807) is 32.4 Å². The second-order valence-corrected chi connectivity index (χ2v) is 5.82. The Bertz CT molecular complexity index is 742. The zero-order chi connectivity index (χ0) is 18.4. The van der Waals surface area contributed by atoms with Gasteiger partial charge in [-0.1, -0.05) is 13.0 Å². The highest BCUT2D eigenvalue weighted by molar-refractivity contribution is 5.95. The Morgan fingerprint density at radius 3 is 2.32 bits per heavy atom. The van der Waals surface area contributed by atoms with Gasteiger partial charge in [0.25, 0.3) is 5.91 Å². The van der Waals surface area contributed by atoms with Crippen molar-refractivity contribution in [3.8, 4) is 17.2 Å². The molecule has 2 aromatic carbocycles. The van der Waals surface area contributed by atoms with Crippen LogP contribution in [0.2, 0.25) is 0 Å². The molecule has 0 aromatic heterocycles. The van der Waals surface area contributed by atoms with E-state index in [1.165, 1.54) is 5.56 Å². The highest BCUT2D eigenvalue weighted by atomic mass is 16.5. The molecule has 0 aliphatic heterocycles. The number of hydrogen-bond donors (Lipinski definition) is 1. The third kappa shape index (κ3) is 4.66. The van der Waals surface area contributed by atoms with Gasteiger partial charge < -0.3 is 19.5 Å². The Kier molecular flexibility index (Phi) is 6.28. The maximum absolute atomic E-state index is 12.6. The van der Waals surface area contributed by atoms with Crippen LogP contribution in [0, 0.1) is 13.8 Å². The molecule has 0 saturated carbocycles. The molecule has 0 saturated heterocycles. The SMILES string of the molecule is CCC(Oc1ccc(C)c(C)c1)C(=O)Nc1ccc(OC)cc1OC. The van der Waals surface area contributed by atoms with Gasteiger partial charge in [0.05, 0.1) is 19.9 Å². The van der Waals surface area contributed by atoms with Crippen LogP contribution < -0.4 is 19.5 Å². The molecule has 0 aliphatic rings. The van der Waals surface area contributed by atoms with Crippen LogP contribution in [0.3, 0.4) is 0 Å². The number of carbonyl (C=O) groups excluding carboxylic acids is 1. The van der Waals surface area contributed by atoms with Crippen molar-refractivity contribution in [1.82, 2.24) is 0 Å². The van der Waals surface area contributed by atoms with Crippen molar-refractivity contribution < 1.29 is 19.0 Å². The van der Waals surface area contributed by atoms with E-state index in [0.717, 1.165) is 5.56 Å². The van der Waals surface area contributed by atoms with Gasteiger partial charge in [-0.3, -0.25) is 4.79 Å². The zero-order valence-corrected chi connectivity index (χ0v) is 15.4. The number of carbonyl (C=O) groups is 1. The number of ether oxygens (including phenoxy) is 3. The van der Waals surface area contributed by atoms with E-state index in [9.17, 15) is 4.79 Å². The lowest BCUT2D eigenvalue weighted by Gasteiger charge is -2.19. The third-order valence-electron chi connectivity index (χ3n) is 4.09. The van der Waals surface area contributed by atoms with Crippen LogP contribution in [-0.4, -0.2) is 26.2 Å². The summed E-state index contributed by atoms with van der Waals surface area (Å²) in [5, 5.41) is 2.87. The van der Waals surface area contributed by atoms with Gasteiger partial charge in [-0.25, -0.2) is 0 Å². The van der Waals surface area contributed by atoms with Gasteiger partial charge in [-0.15, -0.1) is 0 Å². The minimum atomic E-state index is -0.589. The standard InChI is InChI=1S/C20H25NO4/c1-6-18(25-16-8-7-13(2)14(3)11-16)20(22)21-17-10-9-15(23-4)12-19(17)24-5/h7-12,18H,6H2,1-5H3,(H,21,22). The number of nitrogens with one attached hydrogen (secondary N) is 1. The quantitative estimate of drug-likeness (QED) is 0.822. The minimum Gasteiger partial charge on any atom is -0.497 e. The molecule has 25 heavy (non-hydrogen) atoms. The number of rotatable bonds is 7. The number of aryl methyl sites for hydroxylation is 2. The number of hydrogen-bond acceptors (Lipinski definition) is 4. The molecule has 2 aromatic rings. The summed E-state index contributed by atoms with van der Waals surface area (Å²) < 4.78 is 16.4. The van der Waals surface area contributed by atoms with Crippen LogP contribution in [-0.2, 0) is 4.79 Å². The number of amides is 1. The first-order valence-corrected chi connectivity index (χ1v) is 8.25. The summed E-state index contributed by atoms with van der Waals surface area (Å²) in [6, 6.07) is 11.1. The summed E-state index contributed by atoms with van der Waals surface area (Å²) in [6.45, 7) is 5.97. The molecular formula is C20H25NO4. The van der Waals surface area contributed by atoms with E-state index in [4.69, 9.17) is 14.2 Å². The molecule has 0 spiro atoms. The molecule has 0 bridgehead atoms. The molecule has 0 aliphatic carbocycles. The van der Waals surface area contributed by atoms with Crippen molar-refractivity contribution in [3.05, 3.63) is 47.5 Å². The van der Waals surface area contributed by atoms with Crippen LogP contribution in [0.25, 0.3) is 0 Å². The molecule has 1 amide bonds. The molecule has 1 unspecified atom stereocenters. The summed E-state index contributed by atoms with van der Waals surface area (Å²) >= 11 is 0. The van der Waals surface area contributed by atoms with Crippen molar-refractivity contribution in [2.45, 2.75) is 33.3 Å². The van der Waals surface area contributed by atoms with Crippen LogP contribution >= 0.6 is 0 Å². The predicted octanol–water partition coefficient (Wildman–Crippen LogP) is 4.12. The van der Waals surface area contributed by atoms with E-state index in [2.05, 4.69) is 5.32 Å². The summed E-state index contributed by atoms with van der Waals surface area (Å²) in [5.41, 5.74) is 2.90. The zero-order valence-electron chi connectivity index (χ0n) is 15.4. The second kappa shape index (κ2) is 8.42. The Labute approximate surface area is 148 Å². The average molecular weight is 343 g/mol. The summed E-state index contributed by atoms with van der Waals surface area (Å²) in [4.78, 5) is 12.6. The Hall–Kier alpha value is -2.69. The third-order valence-corrected chi connectivity index (χ3v) is 4.09. The van der Waals surface area contributed by atoms with Crippen LogP contribution in [0.15, 0.2) is 36.4 Å². The second-order valence-electron chi connectivity index (χ2n) is 5.82. The average Bonchev–Trinajstić information content (AvgIpc) is 2.62. The highest BCUT2D eigenvalue weighted by Crippen LogP contribution is 2.29. The highest BCUT2D eigenvalue weighted by Gasteiger charge is 2.20. The molecule has 0 fully saturated rings. The van der Waals surface area contributed by atoms with E-state index >= 15 is 0 Å². The first kappa shape index (κ1) is 18.6. The normalized spacial score (nSPS) is 11.6. The first-order valence-electron chi connectivity index (χ1n) is 8.25. The monoisotopic (exact) mass is 343 g/mol. The van der Waals surface area contributed by atoms with Gasteiger partial charge in [0.2, 0.25) is 0 Å². The molecule has 5 heteroatoms. The Balaban J connectivity index is 2.13. The lowest BCUT2D eigenvalue weighted by atomic mass is 10.1. The van der Waals surface area contributed by atoms with Gasteiger partial charge >= 0.3 is 0 Å². The van der Waals surface area contributed by atoms with E-state index in [1.807, 2.05) is 39.0 Å². The van der Waals surface area contributed by atoms with Crippen molar-refractivity contribution >= 4 is 11.6 Å². The maximum Gasteiger partial charge on any atom is 0.265 e. The van der Waals surface area contributed by atoms with Crippen molar-refractivity contribution in [1.29, 1.82) is 0 Å². The summed E-state index contributed by atoms with van der Waals surface area (Å²) in [5.74, 6) is 1.66. The van der Waals surface area contributed by atoms with Crippen molar-refractivity contribution in [3.63, 3.8) is 0 Å². The Morgan fingerprint density at radius 2 is 1.72 bits per heavy atom. The lowest BCUT2D eigenvalue weighted by Crippen LogP contribution is -2.32. The van der Waals surface area contributed by atoms with E-state index in [0.29, 0.717) is 29.4 Å². The molecule has 2 rings (SSSR count). The molecule has 0 heterocycles. The molecule has 1 N–H and O–H groups in total. The number of anilines is 1. The minimum absolute atomic E-state index is 0.218. The van der Waals surface area contributed by atoms with Crippen molar-refractivity contribution in [2.24, 2.45) is 0 Å². The van der Waals surface area contributed by atoms with Crippen LogP contribution in [0.1, 0.15) is 24.5 Å². The first-order chi connectivity index (χ1) is 12.0. The maximum atomic E-state index is 12.6. The topological polar surface area (TPSA) is 56.8 Å². The van der Waals surface area contributed by atoms with E-state index < -0.39 is 6.10 Å². The largest absolute Gasteiger partial charge is 0.497 e. The van der Waals surface area contributed by atoms with Crippen LogP contribution in [0.4, 0.5) is 5.69 Å². The summed E-state index contributed by atoms with van der Waals surface area (Å²) in [6.07, 6.45) is -0.0362. The molecule has 0 radical (unpaired) electrons. The molecular weight excluding hydrogens is 318 g/mol. The van der Waals surface area contributed by atoms with Gasteiger partial charge in [0.15, 0.2) is 6.10 Å². The fraction of sp³-hybridized carbons (Fsp3) is 0.350. The van der Waals surface area contributed by atoms with Gasteiger partial charge in [0.1, 0.15) is 17.2 Å².